The van der Waals surface area contributed by atoms with Crippen molar-refractivity contribution < 1.29 is 24.0 Å². The number of nitro benzene ring substituents is 1. The first-order valence-corrected chi connectivity index (χ1v) is 13.5. The number of nitrogens with zero attached hydrogens (tertiary/aromatic N) is 2. The Morgan fingerprint density at radius 3 is 2.53 bits per heavy atom. The van der Waals surface area contributed by atoms with E-state index in [0.717, 1.165) is 43.0 Å². The van der Waals surface area contributed by atoms with Gasteiger partial charge in [-0.3, -0.25) is 24.6 Å². The average molecular weight is 575 g/mol. The summed E-state index contributed by atoms with van der Waals surface area (Å²) < 4.78 is 12.4. The third kappa shape index (κ3) is 6.28. The molecule has 0 atom stereocenters. The molecule has 0 N–H and O–H groups in total. The quantitative estimate of drug-likeness (QED) is 0.181. The molecule has 0 unspecified atom stereocenters. The van der Waals surface area contributed by atoms with Crippen LogP contribution >= 0.6 is 27.7 Å². The smallest absolute Gasteiger partial charge is 0.293 e. The minimum atomic E-state index is -0.447. The van der Waals surface area contributed by atoms with Crippen molar-refractivity contribution in [3.05, 3.63) is 67.0 Å². The molecule has 1 heterocycles. The number of carbonyl (C=O) groups excluding carboxylic acids is 2. The summed E-state index contributed by atoms with van der Waals surface area (Å²) in [6, 6.07) is 9.73. The maximum Gasteiger partial charge on any atom is 0.293 e. The lowest BCUT2D eigenvalue weighted by molar-refractivity contribution is -0.384. The van der Waals surface area contributed by atoms with Gasteiger partial charge in [-0.1, -0.05) is 19.3 Å². The monoisotopic (exact) mass is 574 g/mol. The lowest BCUT2D eigenvalue weighted by atomic mass is 9.89. The molecule has 0 spiro atoms. The third-order valence-corrected chi connectivity index (χ3v) is 7.70. The lowest BCUT2D eigenvalue weighted by Crippen LogP contribution is -2.34. The highest BCUT2D eigenvalue weighted by molar-refractivity contribution is 9.10. The molecule has 0 aromatic heterocycles. The fourth-order valence-electron chi connectivity index (χ4n) is 4.38. The molecule has 0 radical (unpaired) electrons. The Kier molecular flexibility index (Phi) is 8.68. The zero-order chi connectivity index (χ0) is 25.7. The topological polar surface area (TPSA) is 99.0 Å². The molecule has 2 aliphatic rings. The molecule has 36 heavy (non-hydrogen) atoms. The van der Waals surface area contributed by atoms with Gasteiger partial charge in [0.1, 0.15) is 6.61 Å². The van der Waals surface area contributed by atoms with Crippen LogP contribution in [-0.2, 0) is 11.4 Å². The molecule has 10 heteroatoms. The summed E-state index contributed by atoms with van der Waals surface area (Å²) in [5.41, 5.74) is 1.49. The van der Waals surface area contributed by atoms with E-state index >= 15 is 0 Å². The number of amides is 2. The number of carbonyl (C=O) groups is 2. The van der Waals surface area contributed by atoms with Crippen LogP contribution in [0, 0.1) is 16.0 Å². The summed E-state index contributed by atoms with van der Waals surface area (Å²) in [7, 11) is 0. The Balaban J connectivity index is 1.50. The van der Waals surface area contributed by atoms with Crippen LogP contribution < -0.4 is 9.47 Å². The zero-order valence-electron chi connectivity index (χ0n) is 19.9. The first kappa shape index (κ1) is 26.2. The van der Waals surface area contributed by atoms with Crippen molar-refractivity contribution in [1.82, 2.24) is 4.90 Å². The normalized spacial score (nSPS) is 17.6. The molecule has 2 amide bonds. The van der Waals surface area contributed by atoms with Gasteiger partial charge in [0.2, 0.25) is 0 Å². The van der Waals surface area contributed by atoms with Gasteiger partial charge >= 0.3 is 0 Å². The van der Waals surface area contributed by atoms with Crippen molar-refractivity contribution in [2.45, 2.75) is 45.6 Å². The van der Waals surface area contributed by atoms with Crippen LogP contribution in [0.5, 0.6) is 11.5 Å². The largest absolute Gasteiger partial charge is 0.490 e. The molecule has 2 aromatic rings. The highest BCUT2D eigenvalue weighted by atomic mass is 79.9. The van der Waals surface area contributed by atoms with Crippen LogP contribution in [0.15, 0.2) is 45.8 Å². The van der Waals surface area contributed by atoms with Gasteiger partial charge in [0.15, 0.2) is 11.5 Å². The van der Waals surface area contributed by atoms with E-state index in [4.69, 9.17) is 9.47 Å². The van der Waals surface area contributed by atoms with E-state index < -0.39 is 4.92 Å². The summed E-state index contributed by atoms with van der Waals surface area (Å²) in [4.78, 5) is 37.7. The lowest BCUT2D eigenvalue weighted by Gasteiger charge is -2.25. The molecule has 1 aliphatic carbocycles. The standard InChI is InChI=1S/C26H27BrN2O6S/c1-2-34-22-13-19(12-21(27)24(22)35-16-18-8-10-20(11-9-18)29(32)33)14-23-25(30)28(26(31)36-23)15-17-6-4-3-5-7-17/h8-14,17H,2-7,15-16H2,1H3/b23-14+. The Morgan fingerprint density at radius 1 is 1.14 bits per heavy atom. The second kappa shape index (κ2) is 11.9. The van der Waals surface area contributed by atoms with Crippen molar-refractivity contribution in [1.29, 1.82) is 0 Å². The number of ether oxygens (including phenoxy) is 2. The van der Waals surface area contributed by atoms with Crippen LogP contribution in [0.1, 0.15) is 50.2 Å². The van der Waals surface area contributed by atoms with Crippen molar-refractivity contribution in [3.8, 4) is 11.5 Å². The van der Waals surface area contributed by atoms with Gasteiger partial charge in [-0.25, -0.2) is 0 Å². The zero-order valence-corrected chi connectivity index (χ0v) is 22.3. The molecule has 1 aliphatic heterocycles. The minimum absolute atomic E-state index is 0.0162. The fraction of sp³-hybridized carbons (Fsp3) is 0.385. The summed E-state index contributed by atoms with van der Waals surface area (Å²) >= 11 is 4.50. The average Bonchev–Trinajstić information content (AvgIpc) is 3.12. The number of hydrogen-bond donors (Lipinski definition) is 0. The van der Waals surface area contributed by atoms with Crippen LogP contribution in [0.3, 0.4) is 0 Å². The number of thioether (sulfide) groups is 1. The molecule has 0 bridgehead atoms. The van der Waals surface area contributed by atoms with Crippen molar-refractivity contribution >= 4 is 50.6 Å². The second-order valence-electron chi connectivity index (χ2n) is 8.77. The fourth-order valence-corrected chi connectivity index (χ4v) is 5.80. The predicted octanol–water partition coefficient (Wildman–Crippen LogP) is 6.95. The molecule has 2 fully saturated rings. The number of halogens is 1. The Morgan fingerprint density at radius 2 is 1.86 bits per heavy atom. The summed E-state index contributed by atoms with van der Waals surface area (Å²) in [6.45, 7) is 2.94. The van der Waals surface area contributed by atoms with E-state index in [0.29, 0.717) is 45.5 Å². The number of imide groups is 1. The van der Waals surface area contributed by atoms with Crippen molar-refractivity contribution in [3.63, 3.8) is 0 Å². The predicted molar refractivity (Wildman–Crippen MR) is 142 cm³/mol. The molecular weight excluding hydrogens is 548 g/mol. The number of hydrogen-bond acceptors (Lipinski definition) is 7. The first-order chi connectivity index (χ1) is 17.4. The van der Waals surface area contributed by atoms with Gasteiger partial charge < -0.3 is 9.47 Å². The van der Waals surface area contributed by atoms with E-state index in [1.165, 1.54) is 23.5 Å². The van der Waals surface area contributed by atoms with Crippen LogP contribution in [-0.4, -0.2) is 34.1 Å². The maximum absolute atomic E-state index is 13.0. The Bertz CT molecular complexity index is 1180. The number of rotatable bonds is 9. The van der Waals surface area contributed by atoms with Crippen molar-refractivity contribution in [2.24, 2.45) is 5.92 Å². The molecule has 1 saturated heterocycles. The Hall–Kier alpha value is -2.85. The van der Waals surface area contributed by atoms with E-state index in [1.807, 2.05) is 13.0 Å². The van der Waals surface area contributed by atoms with Gasteiger partial charge in [-0.2, -0.15) is 0 Å². The summed E-state index contributed by atoms with van der Waals surface area (Å²) in [6.07, 6.45) is 7.37. The van der Waals surface area contributed by atoms with Gasteiger partial charge in [-0.15, -0.1) is 0 Å². The van der Waals surface area contributed by atoms with E-state index in [2.05, 4.69) is 15.9 Å². The molecular formula is C26H27BrN2O6S. The van der Waals surface area contributed by atoms with E-state index in [1.54, 1.807) is 24.3 Å². The van der Waals surface area contributed by atoms with Gasteiger partial charge in [0, 0.05) is 18.7 Å². The highest BCUT2D eigenvalue weighted by Crippen LogP contribution is 2.40. The molecule has 8 nitrogen and oxygen atoms in total. The summed E-state index contributed by atoms with van der Waals surface area (Å²) in [5.74, 6) is 1.11. The molecule has 2 aromatic carbocycles. The van der Waals surface area contributed by atoms with Crippen molar-refractivity contribution in [2.75, 3.05) is 13.2 Å². The third-order valence-electron chi connectivity index (χ3n) is 6.20. The van der Waals surface area contributed by atoms with Gasteiger partial charge in [0.25, 0.3) is 16.8 Å². The minimum Gasteiger partial charge on any atom is -0.490 e. The number of benzene rings is 2. The maximum atomic E-state index is 13.0. The van der Waals surface area contributed by atoms with Gasteiger partial charge in [-0.05, 0) is 94.8 Å². The molecule has 190 valence electrons. The number of nitro groups is 1. The highest BCUT2D eigenvalue weighted by Gasteiger charge is 2.36. The second-order valence-corrected chi connectivity index (χ2v) is 10.6. The van der Waals surface area contributed by atoms with E-state index in [-0.39, 0.29) is 23.4 Å². The SMILES string of the molecule is CCOc1cc(/C=C2/SC(=O)N(CC3CCCCC3)C2=O)cc(Br)c1OCc1ccc([N+](=O)[O-])cc1. The first-order valence-electron chi connectivity index (χ1n) is 11.9. The van der Waals surface area contributed by atoms with Gasteiger partial charge in [0.05, 0.1) is 20.9 Å². The Labute approximate surface area is 222 Å². The van der Waals surface area contributed by atoms with Crippen LogP contribution in [0.25, 0.3) is 6.08 Å². The van der Waals surface area contributed by atoms with Crippen LogP contribution in [0.4, 0.5) is 10.5 Å². The molecule has 4 rings (SSSR count). The van der Waals surface area contributed by atoms with Crippen LogP contribution in [0.2, 0.25) is 0 Å². The summed E-state index contributed by atoms with van der Waals surface area (Å²) in [5, 5.41) is 10.6. The number of non-ortho nitro benzene ring substituents is 1. The molecule has 1 saturated carbocycles. The van der Waals surface area contributed by atoms with E-state index in [9.17, 15) is 19.7 Å².